The second-order valence-corrected chi connectivity index (χ2v) is 5.17. The van der Waals surface area contributed by atoms with E-state index in [0.717, 1.165) is 0 Å². The lowest BCUT2D eigenvalue weighted by Gasteiger charge is -2.15. The average Bonchev–Trinajstić information content (AvgIpc) is 2.43. The van der Waals surface area contributed by atoms with E-state index in [1.165, 1.54) is 0 Å². The first-order valence-corrected chi connectivity index (χ1v) is 6.82. The summed E-state index contributed by atoms with van der Waals surface area (Å²) in [6, 6.07) is 5.97. The van der Waals surface area contributed by atoms with Gasteiger partial charge in [0.15, 0.2) is 0 Å². The lowest BCUT2D eigenvalue weighted by molar-refractivity contribution is -0.141. The number of benzene rings is 1. The molecule has 0 saturated heterocycles. The SMILES string of the molecule is COc1ccc(NC(=O)CC(NCC(C)C)C(=O)O)cc1. The van der Waals surface area contributed by atoms with Crippen molar-refractivity contribution >= 4 is 17.6 Å². The first-order chi connectivity index (χ1) is 9.92. The highest BCUT2D eigenvalue weighted by Crippen LogP contribution is 2.15. The zero-order chi connectivity index (χ0) is 15.8. The third kappa shape index (κ3) is 6.27. The summed E-state index contributed by atoms with van der Waals surface area (Å²) < 4.78 is 5.02. The summed E-state index contributed by atoms with van der Waals surface area (Å²) in [5, 5.41) is 14.7. The fourth-order valence-electron chi connectivity index (χ4n) is 1.70. The van der Waals surface area contributed by atoms with Gasteiger partial charge in [0.2, 0.25) is 5.91 Å². The van der Waals surface area contributed by atoms with Gasteiger partial charge < -0.3 is 20.5 Å². The van der Waals surface area contributed by atoms with Crippen LogP contribution in [-0.2, 0) is 9.59 Å². The van der Waals surface area contributed by atoms with Crippen molar-refractivity contribution < 1.29 is 19.4 Å². The fraction of sp³-hybridized carbons (Fsp3) is 0.467. The normalized spacial score (nSPS) is 12.0. The monoisotopic (exact) mass is 294 g/mol. The molecule has 0 aliphatic heterocycles. The summed E-state index contributed by atoms with van der Waals surface area (Å²) >= 11 is 0. The van der Waals surface area contributed by atoms with Crippen molar-refractivity contribution in [3.63, 3.8) is 0 Å². The van der Waals surface area contributed by atoms with E-state index >= 15 is 0 Å². The van der Waals surface area contributed by atoms with Crippen LogP contribution in [0.2, 0.25) is 0 Å². The first kappa shape index (κ1) is 17.0. The molecule has 1 rings (SSSR count). The van der Waals surface area contributed by atoms with Crippen LogP contribution < -0.4 is 15.4 Å². The minimum absolute atomic E-state index is 0.117. The summed E-state index contributed by atoms with van der Waals surface area (Å²) in [7, 11) is 1.56. The maximum atomic E-state index is 11.9. The van der Waals surface area contributed by atoms with Crippen LogP contribution in [0.5, 0.6) is 5.75 Å². The van der Waals surface area contributed by atoms with Crippen LogP contribution >= 0.6 is 0 Å². The van der Waals surface area contributed by atoms with Crippen molar-refractivity contribution in [2.45, 2.75) is 26.3 Å². The number of rotatable bonds is 8. The minimum atomic E-state index is -1.03. The predicted molar refractivity (Wildman–Crippen MR) is 80.5 cm³/mol. The van der Waals surface area contributed by atoms with Gasteiger partial charge in [-0.2, -0.15) is 0 Å². The number of aliphatic carboxylic acids is 1. The Kier molecular flexibility index (Phi) is 6.68. The predicted octanol–water partition coefficient (Wildman–Crippen LogP) is 1.72. The molecule has 0 aliphatic rings. The molecule has 1 unspecified atom stereocenters. The zero-order valence-electron chi connectivity index (χ0n) is 12.6. The van der Waals surface area contributed by atoms with Crippen molar-refractivity contribution in [3.8, 4) is 5.75 Å². The van der Waals surface area contributed by atoms with Crippen LogP contribution in [0.3, 0.4) is 0 Å². The van der Waals surface area contributed by atoms with E-state index in [4.69, 9.17) is 9.84 Å². The van der Waals surface area contributed by atoms with Gasteiger partial charge in [-0.3, -0.25) is 9.59 Å². The molecule has 0 radical (unpaired) electrons. The van der Waals surface area contributed by atoms with Crippen molar-refractivity contribution in [1.82, 2.24) is 5.32 Å². The van der Waals surface area contributed by atoms with Crippen molar-refractivity contribution in [2.75, 3.05) is 19.0 Å². The second kappa shape index (κ2) is 8.26. The number of carboxylic acid groups (broad SMARTS) is 1. The highest BCUT2D eigenvalue weighted by molar-refractivity contribution is 5.94. The Hall–Kier alpha value is -2.08. The van der Waals surface area contributed by atoms with E-state index in [9.17, 15) is 9.59 Å². The van der Waals surface area contributed by atoms with Crippen molar-refractivity contribution in [2.24, 2.45) is 5.92 Å². The summed E-state index contributed by atoms with van der Waals surface area (Å²) in [6.07, 6.45) is -0.117. The molecule has 0 bridgehead atoms. The molecule has 0 heterocycles. The van der Waals surface area contributed by atoms with Gasteiger partial charge in [0, 0.05) is 5.69 Å². The van der Waals surface area contributed by atoms with Gasteiger partial charge in [-0.1, -0.05) is 13.8 Å². The number of carbonyl (C=O) groups is 2. The summed E-state index contributed by atoms with van der Waals surface area (Å²) in [5.41, 5.74) is 0.605. The van der Waals surface area contributed by atoms with E-state index in [1.54, 1.807) is 31.4 Å². The van der Waals surface area contributed by atoms with Crippen LogP contribution in [0.15, 0.2) is 24.3 Å². The van der Waals surface area contributed by atoms with Gasteiger partial charge in [-0.25, -0.2) is 0 Å². The zero-order valence-corrected chi connectivity index (χ0v) is 12.6. The number of methoxy groups -OCH3 is 1. The molecule has 3 N–H and O–H groups in total. The number of hydrogen-bond donors (Lipinski definition) is 3. The van der Waals surface area contributed by atoms with Gasteiger partial charge in [0.05, 0.1) is 13.5 Å². The molecule has 0 aliphatic carbocycles. The molecule has 1 atom stereocenters. The lowest BCUT2D eigenvalue weighted by atomic mass is 10.1. The molecular weight excluding hydrogens is 272 g/mol. The molecule has 0 fully saturated rings. The summed E-state index contributed by atoms with van der Waals surface area (Å²) in [5.74, 6) is -0.365. The molecule has 6 nitrogen and oxygen atoms in total. The third-order valence-electron chi connectivity index (χ3n) is 2.83. The standard InChI is InChI=1S/C15H22N2O4/c1-10(2)9-16-13(15(19)20)8-14(18)17-11-4-6-12(21-3)7-5-11/h4-7,10,13,16H,8-9H2,1-3H3,(H,17,18)(H,19,20). The molecule has 1 amide bonds. The van der Waals surface area contributed by atoms with Crippen LogP contribution in [0, 0.1) is 5.92 Å². The maximum Gasteiger partial charge on any atom is 0.321 e. The Balaban J connectivity index is 2.54. The minimum Gasteiger partial charge on any atom is -0.497 e. The number of carbonyl (C=O) groups excluding carboxylic acids is 1. The molecule has 0 saturated carbocycles. The molecule has 21 heavy (non-hydrogen) atoms. The van der Waals surface area contributed by atoms with Crippen molar-refractivity contribution in [3.05, 3.63) is 24.3 Å². The molecule has 0 spiro atoms. The molecule has 116 valence electrons. The topological polar surface area (TPSA) is 87.7 Å². The number of anilines is 1. The van der Waals surface area contributed by atoms with Crippen LogP contribution in [0.1, 0.15) is 20.3 Å². The van der Waals surface area contributed by atoms with E-state index in [2.05, 4.69) is 10.6 Å². The lowest BCUT2D eigenvalue weighted by Crippen LogP contribution is -2.41. The van der Waals surface area contributed by atoms with Crippen molar-refractivity contribution in [1.29, 1.82) is 0 Å². The third-order valence-corrected chi connectivity index (χ3v) is 2.83. The van der Waals surface area contributed by atoms with Gasteiger partial charge in [-0.15, -0.1) is 0 Å². The highest BCUT2D eigenvalue weighted by Gasteiger charge is 2.20. The Bertz CT molecular complexity index is 471. The maximum absolute atomic E-state index is 11.9. The van der Waals surface area contributed by atoms with Crippen LogP contribution in [0.25, 0.3) is 0 Å². The Morgan fingerprint density at radius 3 is 2.33 bits per heavy atom. The summed E-state index contributed by atoms with van der Waals surface area (Å²) in [6.45, 7) is 4.50. The quantitative estimate of drug-likeness (QED) is 0.679. The first-order valence-electron chi connectivity index (χ1n) is 6.82. The van der Waals surface area contributed by atoms with Crippen LogP contribution in [0.4, 0.5) is 5.69 Å². The van der Waals surface area contributed by atoms with Gasteiger partial charge >= 0.3 is 5.97 Å². The highest BCUT2D eigenvalue weighted by atomic mass is 16.5. The second-order valence-electron chi connectivity index (χ2n) is 5.17. The van der Waals surface area contributed by atoms with E-state index in [1.807, 2.05) is 13.8 Å². The molecule has 1 aromatic rings. The van der Waals surface area contributed by atoms with E-state index in [-0.39, 0.29) is 12.3 Å². The smallest absolute Gasteiger partial charge is 0.321 e. The number of amides is 1. The van der Waals surface area contributed by atoms with E-state index in [0.29, 0.717) is 23.9 Å². The molecule has 0 aromatic heterocycles. The number of carboxylic acids is 1. The Morgan fingerprint density at radius 2 is 1.86 bits per heavy atom. The van der Waals surface area contributed by atoms with E-state index < -0.39 is 12.0 Å². The summed E-state index contributed by atoms with van der Waals surface area (Å²) in [4.78, 5) is 23.0. The Labute approximate surface area is 124 Å². The fourth-order valence-corrected chi connectivity index (χ4v) is 1.70. The van der Waals surface area contributed by atoms with Gasteiger partial charge in [0.1, 0.15) is 11.8 Å². The Morgan fingerprint density at radius 1 is 1.24 bits per heavy atom. The largest absolute Gasteiger partial charge is 0.497 e. The number of ether oxygens (including phenoxy) is 1. The molecular formula is C15H22N2O4. The molecule has 6 heteroatoms. The molecule has 1 aromatic carbocycles. The number of hydrogen-bond acceptors (Lipinski definition) is 4. The van der Waals surface area contributed by atoms with Gasteiger partial charge in [-0.05, 0) is 36.7 Å². The van der Waals surface area contributed by atoms with Gasteiger partial charge in [0.25, 0.3) is 0 Å². The number of nitrogens with one attached hydrogen (secondary N) is 2. The average molecular weight is 294 g/mol. The van der Waals surface area contributed by atoms with Crippen LogP contribution in [-0.4, -0.2) is 36.7 Å².